The maximum absolute atomic E-state index is 12.5. The number of amides is 5. The van der Waals surface area contributed by atoms with E-state index in [9.17, 15) is 38.4 Å². The minimum atomic E-state index is -0.774. The Morgan fingerprint density at radius 1 is 0.526 bits per heavy atom. The Hall–Kier alpha value is -7.50. The van der Waals surface area contributed by atoms with Crippen LogP contribution in [0.1, 0.15) is 132 Å². The zero-order valence-electron chi connectivity index (χ0n) is 56.2. The third-order valence-corrected chi connectivity index (χ3v) is 17.4. The Bertz CT molecular complexity index is 3530. The third kappa shape index (κ3) is 28.9. The van der Waals surface area contributed by atoms with Crippen LogP contribution in [0.25, 0.3) is 11.1 Å². The first-order valence-corrected chi connectivity index (χ1v) is 34.4. The van der Waals surface area contributed by atoms with E-state index in [-0.39, 0.29) is 59.4 Å². The number of aliphatic carboxylic acids is 1. The number of carbonyl (C=O) groups excluding carboxylic acids is 6. The predicted octanol–water partition coefficient (Wildman–Crippen LogP) is 12.5. The van der Waals surface area contributed by atoms with Gasteiger partial charge in [-0.15, -0.1) is 0 Å². The smallest absolute Gasteiger partial charge is 0.417 e. The van der Waals surface area contributed by atoms with Gasteiger partial charge in [-0.3, -0.25) is 29.0 Å². The van der Waals surface area contributed by atoms with Crippen LogP contribution in [0.15, 0.2) is 124 Å². The van der Waals surface area contributed by atoms with Crippen LogP contribution in [0.5, 0.6) is 0 Å². The summed E-state index contributed by atoms with van der Waals surface area (Å²) in [6.45, 7) is 19.3. The molecule has 0 bridgehead atoms. The van der Waals surface area contributed by atoms with Crippen molar-refractivity contribution in [3.63, 3.8) is 0 Å². The van der Waals surface area contributed by atoms with Crippen molar-refractivity contribution in [1.82, 2.24) is 41.0 Å². The predicted molar refractivity (Wildman–Crippen MR) is 378 cm³/mol. The molecule has 10 rings (SSSR count). The van der Waals surface area contributed by atoms with Crippen molar-refractivity contribution in [2.45, 2.75) is 137 Å². The molecule has 5 heterocycles. The number of carboxylic acids is 1. The minimum absolute atomic E-state index is 0.00171. The van der Waals surface area contributed by atoms with Crippen LogP contribution in [0, 0.1) is 23.7 Å². The van der Waals surface area contributed by atoms with Crippen molar-refractivity contribution in [2.75, 3.05) is 58.9 Å². The Morgan fingerprint density at radius 3 is 1.26 bits per heavy atom. The summed E-state index contributed by atoms with van der Waals surface area (Å²) in [6.07, 6.45) is 5.49. The molecule has 0 radical (unpaired) electrons. The van der Waals surface area contributed by atoms with Crippen LogP contribution in [0.3, 0.4) is 0 Å². The molecule has 0 spiro atoms. The summed E-state index contributed by atoms with van der Waals surface area (Å²) < 4.78 is 15.6. The summed E-state index contributed by atoms with van der Waals surface area (Å²) in [5.41, 5.74) is 10.1. The molecule has 1 aromatic heterocycles. The van der Waals surface area contributed by atoms with Crippen LogP contribution in [0.4, 0.5) is 9.59 Å². The van der Waals surface area contributed by atoms with Crippen molar-refractivity contribution in [2.24, 2.45) is 29.4 Å². The second kappa shape index (κ2) is 39.2. The summed E-state index contributed by atoms with van der Waals surface area (Å²) in [7, 11) is 0. The summed E-state index contributed by atoms with van der Waals surface area (Å²) in [5, 5.41) is 23.8. The molecular formula is C72H93Cl4N9O12. The summed E-state index contributed by atoms with van der Waals surface area (Å²) in [5.74, 6) is -1.23. The quantitative estimate of drug-likeness (QED) is 0.0471. The fourth-order valence-corrected chi connectivity index (χ4v) is 11.2. The van der Waals surface area contributed by atoms with Gasteiger partial charge in [0, 0.05) is 109 Å². The van der Waals surface area contributed by atoms with E-state index >= 15 is 0 Å². The monoisotopic (exact) mass is 1420 g/mol. The number of carboxylic acid groups (broad SMARTS) is 1. The van der Waals surface area contributed by atoms with Crippen molar-refractivity contribution in [1.29, 1.82) is 0 Å². The second-order valence-electron chi connectivity index (χ2n) is 26.2. The number of fused-ring (bicyclic) bond motifs is 1. The lowest BCUT2D eigenvalue weighted by molar-refractivity contribution is -0.143. The van der Waals surface area contributed by atoms with Crippen LogP contribution in [-0.2, 0) is 54.8 Å². The fourth-order valence-electron chi connectivity index (χ4n) is 10.7. The number of ketones is 1. The number of aromatic nitrogens is 1. The molecule has 4 aliphatic heterocycles. The number of hydrogen-bond donors (Lipinski definition) is 7. The highest BCUT2D eigenvalue weighted by Gasteiger charge is 2.32. The van der Waals surface area contributed by atoms with E-state index in [2.05, 4.69) is 31.2 Å². The lowest BCUT2D eigenvalue weighted by Gasteiger charge is -2.32. The summed E-state index contributed by atoms with van der Waals surface area (Å²) in [4.78, 5) is 103. The zero-order chi connectivity index (χ0) is 70.7. The third-order valence-electron chi connectivity index (χ3n) is 16.4. The van der Waals surface area contributed by atoms with E-state index < -0.39 is 22.9 Å². The van der Waals surface area contributed by atoms with Crippen LogP contribution in [-0.4, -0.2) is 137 Å². The molecule has 5 aromatic carbocycles. The zero-order valence-corrected chi connectivity index (χ0v) is 59.2. The van der Waals surface area contributed by atoms with Gasteiger partial charge in [0.05, 0.1) is 11.4 Å². The van der Waals surface area contributed by atoms with E-state index in [1.165, 1.54) is 0 Å². The van der Waals surface area contributed by atoms with Crippen molar-refractivity contribution in [3.05, 3.63) is 174 Å². The second-order valence-corrected chi connectivity index (χ2v) is 28.0. The van der Waals surface area contributed by atoms with Gasteiger partial charge in [-0.2, -0.15) is 0 Å². The SMILES string of the molecule is CC(C)(C)OC(=O)N1CCC(C(=O)NCc2ccc(Cl)cc2)CC1.CC(C)(C)OC(=O)N1CCC(C(=O)O)CC1.NCc1ccc(Cl)cc1.O=C(CCN1CCC(C(=O)NCc2ccc(Cl)cc2)CC1)c1ccc2[nH]c(=O)oc2c1.O=C(NCc1ccc(Cl)cc1)C1CCNCC1. The molecule has 25 heteroatoms. The van der Waals surface area contributed by atoms with Crippen LogP contribution < -0.4 is 32.8 Å². The van der Waals surface area contributed by atoms with Crippen LogP contribution >= 0.6 is 46.4 Å². The number of likely N-dealkylation sites (tertiary alicyclic amines) is 3. The summed E-state index contributed by atoms with van der Waals surface area (Å²) in [6, 6.07) is 34.9. The number of H-pyrrole nitrogens is 1. The molecule has 0 aliphatic carbocycles. The maximum Gasteiger partial charge on any atom is 0.417 e. The number of benzene rings is 5. The molecule has 97 heavy (non-hydrogen) atoms. The van der Waals surface area contributed by atoms with Gasteiger partial charge < -0.3 is 60.7 Å². The first kappa shape index (κ1) is 78.5. The molecule has 4 saturated heterocycles. The normalized spacial score (nSPS) is 15.7. The Labute approximate surface area is 588 Å². The molecule has 4 aliphatic rings. The van der Waals surface area contributed by atoms with Gasteiger partial charge in [0.2, 0.25) is 17.7 Å². The Kier molecular flexibility index (Phi) is 31.7. The highest BCUT2D eigenvalue weighted by Crippen LogP contribution is 2.24. The largest absolute Gasteiger partial charge is 0.481 e. The number of halogens is 4. The van der Waals surface area contributed by atoms with E-state index in [1.807, 2.05) is 139 Å². The van der Waals surface area contributed by atoms with Crippen molar-refractivity contribution >= 4 is 99.2 Å². The highest BCUT2D eigenvalue weighted by molar-refractivity contribution is 6.31. The average Bonchev–Trinajstić information content (AvgIpc) is 1.89. The highest BCUT2D eigenvalue weighted by atomic mass is 35.5. The first-order chi connectivity index (χ1) is 46.1. The number of piperidine rings is 4. The topological polar surface area (TPSA) is 288 Å². The van der Waals surface area contributed by atoms with Gasteiger partial charge >= 0.3 is 23.9 Å². The Morgan fingerprint density at radius 2 is 0.887 bits per heavy atom. The molecule has 8 N–H and O–H groups in total. The Balaban J connectivity index is 0.000000201. The van der Waals surface area contributed by atoms with E-state index in [0.717, 1.165) is 84.2 Å². The molecular weight excluding hydrogens is 1320 g/mol. The van der Waals surface area contributed by atoms with Gasteiger partial charge in [-0.05, 0) is 208 Å². The molecule has 21 nitrogen and oxygen atoms in total. The number of nitrogens with one attached hydrogen (secondary N) is 5. The number of ether oxygens (including phenoxy) is 2. The summed E-state index contributed by atoms with van der Waals surface area (Å²) >= 11 is 23.2. The van der Waals surface area contributed by atoms with Gasteiger partial charge in [0.1, 0.15) is 11.2 Å². The van der Waals surface area contributed by atoms with Crippen molar-refractivity contribution in [3.8, 4) is 0 Å². The number of oxazole rings is 1. The number of aromatic amines is 1. The average molecular weight is 1420 g/mol. The van der Waals surface area contributed by atoms with Gasteiger partial charge in [-0.25, -0.2) is 14.4 Å². The fraction of sp³-hybridized carbons (Fsp3) is 0.472. The lowest BCUT2D eigenvalue weighted by Crippen LogP contribution is -2.44. The van der Waals surface area contributed by atoms with Gasteiger partial charge in [0.15, 0.2) is 11.4 Å². The van der Waals surface area contributed by atoms with Crippen molar-refractivity contribution < 1.29 is 52.6 Å². The van der Waals surface area contributed by atoms with Gasteiger partial charge in [-0.1, -0.05) is 94.9 Å². The number of nitrogens with zero attached hydrogens (tertiary/aromatic N) is 3. The molecule has 4 fully saturated rings. The minimum Gasteiger partial charge on any atom is -0.481 e. The molecule has 0 saturated carbocycles. The molecule has 0 unspecified atom stereocenters. The van der Waals surface area contributed by atoms with E-state index in [4.69, 9.17) is 71.1 Å². The number of Topliss-reactive ketones (excluding diaryl/α,β-unsaturated/α-hetero) is 1. The van der Waals surface area contributed by atoms with E-state index in [0.29, 0.717) is 118 Å². The number of nitrogens with two attached hydrogens (primary N) is 1. The maximum atomic E-state index is 12.5. The molecule has 5 amide bonds. The number of rotatable bonds is 15. The van der Waals surface area contributed by atoms with Crippen LogP contribution in [0.2, 0.25) is 20.1 Å². The molecule has 0 atom stereocenters. The lowest BCUT2D eigenvalue weighted by atomic mass is 9.95. The first-order valence-electron chi connectivity index (χ1n) is 32.9. The van der Waals surface area contributed by atoms with Gasteiger partial charge in [0.25, 0.3) is 0 Å². The molecule has 6 aromatic rings. The number of carbonyl (C=O) groups is 7. The number of hydrogen-bond acceptors (Lipinski definition) is 14. The molecule has 526 valence electrons. The van der Waals surface area contributed by atoms with E-state index in [1.54, 1.807) is 28.0 Å². The standard InChI is InChI=1S/C23H24ClN3O4.C18H25ClN2O3.C13H17ClN2O.C11H19NO4.C7H8ClN/c24-18-4-1-15(2-5-18)14-25-22(29)16-7-10-27(11-8-16)12-9-20(28)17-3-6-19-21(13-17)31-23(30)26-19;1-18(2,3)24-17(23)21-10-8-14(9-11-21)16(22)20-12-13-4-6-15(19)7-5-13;14-12-3-1-10(2-4-12)9-16-13(17)11-5-7-15-8-6-11;1-11(2,3)16-10(15)12-6-4-8(5-7-12)9(13)14;8-7-3-1-6(5-9)2-4-7/h1-6,13,16H,7-12,14H2,(H,25,29)(H,26,30);4-7,14H,8-12H2,1-3H3,(H,20,22);1-4,11,15H,5-9H2,(H,16,17);8H,4-7H2,1-3H3,(H,13,14);1-4H,5,9H2.